The third-order valence-electron chi connectivity index (χ3n) is 4.69. The Morgan fingerprint density at radius 2 is 1.79 bits per heavy atom. The van der Waals surface area contributed by atoms with Crippen LogP contribution >= 0.6 is 11.3 Å². The number of carbonyl (C=O) groups is 3. The topological polar surface area (TPSA) is 115 Å². The number of ether oxygens (including phenoxy) is 2. The van der Waals surface area contributed by atoms with Crippen molar-refractivity contribution in [2.45, 2.75) is 20.8 Å². The van der Waals surface area contributed by atoms with Crippen molar-refractivity contribution in [1.82, 2.24) is 14.8 Å². The number of nitrogens with two attached hydrogens (primary N) is 1. The molecule has 3 heterocycles. The summed E-state index contributed by atoms with van der Waals surface area (Å²) in [6.45, 7) is 6.95. The van der Waals surface area contributed by atoms with E-state index < -0.39 is 5.97 Å². The Bertz CT molecular complexity index is 950. The van der Waals surface area contributed by atoms with E-state index in [9.17, 15) is 14.4 Å². The molecule has 3 rings (SSSR count). The number of aromatic nitrogens is 1. The largest absolute Gasteiger partial charge is 0.451 e. The first-order chi connectivity index (χ1) is 13.8. The van der Waals surface area contributed by atoms with E-state index in [4.69, 9.17) is 15.2 Å². The number of thiophene rings is 1. The molecule has 0 saturated carbocycles. The van der Waals surface area contributed by atoms with Crippen molar-refractivity contribution >= 4 is 45.2 Å². The van der Waals surface area contributed by atoms with Gasteiger partial charge in [-0.2, -0.15) is 0 Å². The molecule has 9 nitrogen and oxygen atoms in total. The van der Waals surface area contributed by atoms with Gasteiger partial charge in [0.15, 0.2) is 6.61 Å². The lowest BCUT2D eigenvalue weighted by Gasteiger charge is -2.33. The first-order valence-electron chi connectivity index (χ1n) is 9.34. The van der Waals surface area contributed by atoms with Gasteiger partial charge in [0.1, 0.15) is 9.71 Å². The molecule has 10 heteroatoms. The fraction of sp³-hybridized carbons (Fsp3) is 0.474. The number of esters is 1. The van der Waals surface area contributed by atoms with Gasteiger partial charge in [-0.25, -0.2) is 14.6 Å². The Labute approximate surface area is 172 Å². The molecule has 2 N–H and O–H groups in total. The highest BCUT2D eigenvalue weighted by Crippen LogP contribution is 2.35. The number of rotatable bonds is 4. The first-order valence-corrected chi connectivity index (χ1v) is 10.2. The van der Waals surface area contributed by atoms with Crippen LogP contribution in [0.1, 0.15) is 27.9 Å². The lowest BCUT2D eigenvalue weighted by Crippen LogP contribution is -2.51. The molecule has 156 valence electrons. The lowest BCUT2D eigenvalue weighted by molar-refractivity contribution is -0.136. The highest BCUT2D eigenvalue weighted by molar-refractivity contribution is 7.21. The number of nitrogen functional groups attached to an aromatic ring is 1. The van der Waals surface area contributed by atoms with Gasteiger partial charge in [0, 0.05) is 37.3 Å². The summed E-state index contributed by atoms with van der Waals surface area (Å²) in [7, 11) is 0. The van der Waals surface area contributed by atoms with Crippen molar-refractivity contribution in [3.63, 3.8) is 0 Å². The summed E-state index contributed by atoms with van der Waals surface area (Å²) in [4.78, 5) is 45.0. The summed E-state index contributed by atoms with van der Waals surface area (Å²) in [5, 5.41) is 0.744. The quantitative estimate of drug-likeness (QED) is 0.752. The maximum Gasteiger partial charge on any atom is 0.409 e. The number of carbonyl (C=O) groups excluding carboxylic acids is 3. The van der Waals surface area contributed by atoms with Crippen LogP contribution in [0.15, 0.2) is 6.07 Å². The molecule has 0 spiro atoms. The van der Waals surface area contributed by atoms with Crippen LogP contribution in [0.5, 0.6) is 0 Å². The van der Waals surface area contributed by atoms with Gasteiger partial charge >= 0.3 is 12.1 Å². The number of fused-ring (bicyclic) bond motifs is 1. The summed E-state index contributed by atoms with van der Waals surface area (Å²) in [5.74, 6) is -0.951. The molecule has 0 aliphatic carbocycles. The molecule has 1 aliphatic heterocycles. The zero-order chi connectivity index (χ0) is 21.1. The standard InChI is InChI=1S/C19H24N4O5S/c1-4-27-19(26)23-7-5-22(6-8-23)13(24)10-28-18(25)16-15(20)14-11(2)9-12(3)21-17(14)29-16/h9H,4-8,10,20H2,1-3H3. The van der Waals surface area contributed by atoms with Crippen LogP contribution in [0, 0.1) is 13.8 Å². The van der Waals surface area contributed by atoms with Gasteiger partial charge in [0.2, 0.25) is 0 Å². The molecule has 1 aliphatic rings. The molecule has 0 atom stereocenters. The van der Waals surface area contributed by atoms with Gasteiger partial charge in [0.05, 0.1) is 12.3 Å². The average Bonchev–Trinajstić information content (AvgIpc) is 3.02. The van der Waals surface area contributed by atoms with Crippen LogP contribution in [0.3, 0.4) is 0 Å². The second-order valence-corrected chi connectivity index (χ2v) is 7.75. The Balaban J connectivity index is 1.58. The van der Waals surface area contributed by atoms with Crippen molar-refractivity contribution in [2.24, 2.45) is 0 Å². The van der Waals surface area contributed by atoms with Crippen LogP contribution in [-0.2, 0) is 14.3 Å². The third-order valence-corrected chi connectivity index (χ3v) is 5.77. The molecule has 29 heavy (non-hydrogen) atoms. The van der Waals surface area contributed by atoms with Crippen LogP contribution in [0.25, 0.3) is 10.2 Å². The van der Waals surface area contributed by atoms with Gasteiger partial charge < -0.3 is 25.0 Å². The molecular weight excluding hydrogens is 396 g/mol. The van der Waals surface area contributed by atoms with Crippen molar-refractivity contribution in [3.8, 4) is 0 Å². The van der Waals surface area contributed by atoms with E-state index in [1.807, 2.05) is 19.9 Å². The fourth-order valence-corrected chi connectivity index (χ4v) is 4.37. The molecule has 1 fully saturated rings. The molecule has 2 amide bonds. The van der Waals surface area contributed by atoms with Crippen LogP contribution in [-0.4, -0.2) is 72.1 Å². The minimum atomic E-state index is -0.638. The highest BCUT2D eigenvalue weighted by atomic mass is 32.1. The van der Waals surface area contributed by atoms with E-state index in [1.54, 1.807) is 16.7 Å². The maximum atomic E-state index is 12.5. The molecule has 2 aromatic rings. The van der Waals surface area contributed by atoms with Gasteiger partial charge in [-0.3, -0.25) is 4.79 Å². The van der Waals surface area contributed by atoms with E-state index >= 15 is 0 Å². The van der Waals surface area contributed by atoms with Crippen LogP contribution in [0.2, 0.25) is 0 Å². The summed E-state index contributed by atoms with van der Waals surface area (Å²) in [6, 6.07) is 1.90. The minimum Gasteiger partial charge on any atom is -0.451 e. The smallest absolute Gasteiger partial charge is 0.409 e. The summed E-state index contributed by atoms with van der Waals surface area (Å²) in [5.41, 5.74) is 8.24. The Morgan fingerprint density at radius 1 is 1.14 bits per heavy atom. The number of hydrogen-bond acceptors (Lipinski definition) is 8. The van der Waals surface area contributed by atoms with Crippen LogP contribution < -0.4 is 5.73 Å². The molecule has 0 bridgehead atoms. The summed E-state index contributed by atoms with van der Waals surface area (Å²) in [6.07, 6.45) is -0.384. The molecule has 0 unspecified atom stereocenters. The third kappa shape index (κ3) is 4.42. The zero-order valence-corrected chi connectivity index (χ0v) is 17.5. The van der Waals surface area contributed by atoms with Crippen molar-refractivity contribution in [1.29, 1.82) is 0 Å². The Hall–Kier alpha value is -2.88. The molecule has 1 saturated heterocycles. The highest BCUT2D eigenvalue weighted by Gasteiger charge is 2.26. The van der Waals surface area contributed by atoms with Crippen molar-refractivity contribution in [3.05, 3.63) is 22.2 Å². The zero-order valence-electron chi connectivity index (χ0n) is 16.7. The minimum absolute atomic E-state index is 0.251. The monoisotopic (exact) mass is 420 g/mol. The number of nitrogens with zero attached hydrogens (tertiary/aromatic N) is 3. The first kappa shape index (κ1) is 20.8. The van der Waals surface area contributed by atoms with Gasteiger partial charge in [-0.1, -0.05) is 0 Å². The Kier molecular flexibility index (Phi) is 6.21. The number of amides is 2. The SMILES string of the molecule is CCOC(=O)N1CCN(C(=O)COC(=O)c2sc3nc(C)cc(C)c3c2N)CC1. The number of aryl methyl sites for hydroxylation is 2. The summed E-state index contributed by atoms with van der Waals surface area (Å²) >= 11 is 1.16. The van der Waals surface area contributed by atoms with E-state index in [0.29, 0.717) is 43.3 Å². The van der Waals surface area contributed by atoms with Gasteiger partial charge in [0.25, 0.3) is 5.91 Å². The second-order valence-electron chi connectivity index (χ2n) is 6.75. The predicted molar refractivity (Wildman–Crippen MR) is 109 cm³/mol. The fourth-order valence-electron chi connectivity index (χ4n) is 3.26. The van der Waals surface area contributed by atoms with Crippen LogP contribution in [0.4, 0.5) is 10.5 Å². The van der Waals surface area contributed by atoms with E-state index in [-0.39, 0.29) is 23.5 Å². The van der Waals surface area contributed by atoms with E-state index in [2.05, 4.69) is 4.98 Å². The van der Waals surface area contributed by atoms with Gasteiger partial charge in [-0.15, -0.1) is 11.3 Å². The van der Waals surface area contributed by atoms with E-state index in [1.165, 1.54) is 0 Å². The Morgan fingerprint density at radius 3 is 2.45 bits per heavy atom. The number of anilines is 1. The second kappa shape index (κ2) is 8.64. The molecular formula is C19H24N4O5S. The average molecular weight is 420 g/mol. The molecule has 0 aromatic carbocycles. The molecule has 2 aromatic heterocycles. The molecule has 0 radical (unpaired) electrons. The number of pyridine rings is 1. The number of piperazine rings is 1. The maximum absolute atomic E-state index is 12.5. The lowest BCUT2D eigenvalue weighted by atomic mass is 10.1. The normalized spacial score (nSPS) is 14.2. The van der Waals surface area contributed by atoms with Gasteiger partial charge in [-0.05, 0) is 32.4 Å². The van der Waals surface area contributed by atoms with Crippen molar-refractivity contribution < 1.29 is 23.9 Å². The predicted octanol–water partition coefficient (Wildman–Crippen LogP) is 1.95. The summed E-state index contributed by atoms with van der Waals surface area (Å²) < 4.78 is 10.2. The number of hydrogen-bond donors (Lipinski definition) is 1. The van der Waals surface area contributed by atoms with E-state index in [0.717, 1.165) is 28.0 Å². The van der Waals surface area contributed by atoms with Crippen molar-refractivity contribution in [2.75, 3.05) is 45.1 Å².